The summed E-state index contributed by atoms with van der Waals surface area (Å²) >= 11 is 0. The van der Waals surface area contributed by atoms with Gasteiger partial charge in [0.15, 0.2) is 5.82 Å². The van der Waals surface area contributed by atoms with Crippen LogP contribution in [0.4, 0.5) is 4.79 Å². The van der Waals surface area contributed by atoms with E-state index in [1.807, 2.05) is 4.90 Å². The minimum Gasteiger partial charge on any atom is -0.380 e. The highest BCUT2D eigenvalue weighted by Gasteiger charge is 2.36. The van der Waals surface area contributed by atoms with Crippen LogP contribution in [0.25, 0.3) is 0 Å². The van der Waals surface area contributed by atoms with Crippen LogP contribution < -0.4 is 5.32 Å². The van der Waals surface area contributed by atoms with Crippen LogP contribution in [-0.4, -0.2) is 52.4 Å². The van der Waals surface area contributed by atoms with Crippen molar-refractivity contribution in [2.75, 3.05) is 26.3 Å². The van der Waals surface area contributed by atoms with Gasteiger partial charge in [-0.15, -0.1) is 0 Å². The van der Waals surface area contributed by atoms with Gasteiger partial charge in [-0.05, 0) is 19.3 Å². The van der Waals surface area contributed by atoms with Gasteiger partial charge in [0.2, 0.25) is 0 Å². The van der Waals surface area contributed by atoms with Gasteiger partial charge in [0.25, 0.3) is 0 Å². The third kappa shape index (κ3) is 3.49. The van der Waals surface area contributed by atoms with Crippen LogP contribution in [0.5, 0.6) is 0 Å². The van der Waals surface area contributed by atoms with Crippen LogP contribution in [-0.2, 0) is 4.74 Å². The topological polar surface area (TPSA) is 83.1 Å². The highest BCUT2D eigenvalue weighted by molar-refractivity contribution is 5.74. The molecule has 2 aliphatic heterocycles. The molecule has 0 aliphatic carbocycles. The molecule has 1 aromatic heterocycles. The Balaban J connectivity index is 1.66. The lowest BCUT2D eigenvalue weighted by Gasteiger charge is -2.40. The van der Waals surface area contributed by atoms with E-state index in [9.17, 15) is 4.79 Å². The summed E-state index contributed by atoms with van der Waals surface area (Å²) < 4.78 is 5.24. The van der Waals surface area contributed by atoms with E-state index in [0.717, 1.165) is 50.7 Å². The summed E-state index contributed by atoms with van der Waals surface area (Å²) in [4.78, 5) is 19.1. The van der Waals surface area contributed by atoms with E-state index in [4.69, 9.17) is 4.74 Å². The maximum atomic E-state index is 12.6. The van der Waals surface area contributed by atoms with Crippen molar-refractivity contribution in [2.24, 2.45) is 5.41 Å². The Morgan fingerprint density at radius 3 is 2.87 bits per heavy atom. The van der Waals surface area contributed by atoms with Gasteiger partial charge in [0, 0.05) is 24.4 Å². The molecule has 2 fully saturated rings. The van der Waals surface area contributed by atoms with Gasteiger partial charge >= 0.3 is 6.03 Å². The van der Waals surface area contributed by atoms with Crippen LogP contribution in [0, 0.1) is 5.41 Å². The van der Waals surface area contributed by atoms with Crippen molar-refractivity contribution in [3.05, 3.63) is 11.6 Å². The molecule has 2 aliphatic rings. The number of carbonyl (C=O) groups excluding carboxylic acids is 1. The summed E-state index contributed by atoms with van der Waals surface area (Å²) in [6, 6.07) is -0.0143. The van der Waals surface area contributed by atoms with Gasteiger partial charge in [-0.25, -0.2) is 9.78 Å². The van der Waals surface area contributed by atoms with Crippen molar-refractivity contribution in [1.82, 2.24) is 25.4 Å². The smallest absolute Gasteiger partial charge is 0.318 e. The predicted octanol–water partition coefficient (Wildman–Crippen LogP) is 2.20. The molecule has 0 aromatic carbocycles. The lowest BCUT2D eigenvalue weighted by atomic mass is 9.89. The maximum absolute atomic E-state index is 12.6. The number of aromatic nitrogens is 3. The summed E-state index contributed by atoms with van der Waals surface area (Å²) in [6.45, 7) is 9.13. The molecule has 2 N–H and O–H groups in total. The van der Waals surface area contributed by atoms with Gasteiger partial charge in [-0.3, -0.25) is 5.10 Å². The zero-order valence-corrected chi connectivity index (χ0v) is 14.3. The number of hydrogen-bond donors (Lipinski definition) is 2. The Morgan fingerprint density at radius 2 is 2.26 bits per heavy atom. The summed E-state index contributed by atoms with van der Waals surface area (Å²) in [5, 5.41) is 10.4. The number of aromatic amines is 1. The first kappa shape index (κ1) is 16.2. The van der Waals surface area contributed by atoms with E-state index in [0.29, 0.717) is 6.54 Å². The maximum Gasteiger partial charge on any atom is 0.318 e. The standard InChI is InChI=1S/C16H27N5O2/c1-11(2)13-18-14(20-19-13)12-6-4-5-7-21(12)15(22)17-8-16(3)9-23-10-16/h11-12H,4-10H2,1-3H3,(H,17,22)(H,18,19,20)/t12-/m0/s1. The highest BCUT2D eigenvalue weighted by atomic mass is 16.5. The van der Waals surface area contributed by atoms with Crippen molar-refractivity contribution >= 4 is 6.03 Å². The first-order chi connectivity index (χ1) is 11.0. The minimum atomic E-state index is -0.00896. The molecule has 0 unspecified atom stereocenters. The zero-order chi connectivity index (χ0) is 16.4. The molecule has 1 aromatic rings. The second-order valence-electron chi connectivity index (χ2n) is 7.40. The monoisotopic (exact) mass is 321 g/mol. The number of likely N-dealkylation sites (tertiary alicyclic amines) is 1. The average Bonchev–Trinajstić information content (AvgIpc) is 3.01. The number of urea groups is 1. The summed E-state index contributed by atoms with van der Waals surface area (Å²) in [7, 11) is 0. The second kappa shape index (κ2) is 6.47. The predicted molar refractivity (Wildman–Crippen MR) is 86.1 cm³/mol. The summed E-state index contributed by atoms with van der Waals surface area (Å²) in [5.74, 6) is 1.90. The molecule has 7 nitrogen and oxygen atoms in total. The number of hydrogen-bond acceptors (Lipinski definition) is 4. The van der Waals surface area contributed by atoms with E-state index in [1.165, 1.54) is 0 Å². The highest BCUT2D eigenvalue weighted by Crippen LogP contribution is 2.30. The Morgan fingerprint density at radius 1 is 1.48 bits per heavy atom. The Labute approximate surface area is 137 Å². The normalized spacial score (nSPS) is 23.7. The van der Waals surface area contributed by atoms with E-state index in [-0.39, 0.29) is 23.4 Å². The summed E-state index contributed by atoms with van der Waals surface area (Å²) in [6.07, 6.45) is 3.08. The number of nitrogens with zero attached hydrogens (tertiary/aromatic N) is 3. The summed E-state index contributed by atoms with van der Waals surface area (Å²) in [5.41, 5.74) is 0.0813. The third-order valence-corrected chi connectivity index (χ3v) is 4.68. The number of amides is 2. The lowest BCUT2D eigenvalue weighted by molar-refractivity contribution is -0.0980. The Bertz CT molecular complexity index is 552. The molecule has 23 heavy (non-hydrogen) atoms. The molecule has 3 rings (SSSR count). The fourth-order valence-electron chi connectivity index (χ4n) is 3.10. The van der Waals surface area contributed by atoms with Crippen LogP contribution in [0.2, 0.25) is 0 Å². The average molecular weight is 321 g/mol. The van der Waals surface area contributed by atoms with Gasteiger partial charge in [-0.1, -0.05) is 20.8 Å². The molecule has 0 saturated carbocycles. The van der Waals surface area contributed by atoms with Crippen molar-refractivity contribution in [1.29, 1.82) is 0 Å². The number of ether oxygens (including phenoxy) is 1. The molecular weight excluding hydrogens is 294 g/mol. The minimum absolute atomic E-state index is 0.00537. The molecule has 3 heterocycles. The van der Waals surface area contributed by atoms with Gasteiger partial charge < -0.3 is 15.0 Å². The van der Waals surface area contributed by atoms with Crippen LogP contribution in [0.3, 0.4) is 0 Å². The fraction of sp³-hybridized carbons (Fsp3) is 0.812. The fourth-order valence-corrected chi connectivity index (χ4v) is 3.10. The lowest BCUT2D eigenvalue weighted by Crippen LogP contribution is -2.52. The van der Waals surface area contributed by atoms with Crippen molar-refractivity contribution < 1.29 is 9.53 Å². The van der Waals surface area contributed by atoms with E-state index in [1.54, 1.807) is 0 Å². The zero-order valence-electron chi connectivity index (χ0n) is 14.3. The van der Waals surface area contributed by atoms with Crippen molar-refractivity contribution in [2.45, 2.75) is 52.0 Å². The van der Waals surface area contributed by atoms with E-state index < -0.39 is 0 Å². The van der Waals surface area contributed by atoms with Crippen molar-refractivity contribution in [3.63, 3.8) is 0 Å². The van der Waals surface area contributed by atoms with Gasteiger partial charge in [0.05, 0.1) is 19.3 Å². The third-order valence-electron chi connectivity index (χ3n) is 4.68. The number of carbonyl (C=O) groups is 1. The SMILES string of the molecule is CC(C)c1n[nH]c([C@@H]2CCCCN2C(=O)NCC2(C)COC2)n1. The number of piperidine rings is 1. The molecule has 0 radical (unpaired) electrons. The molecule has 0 spiro atoms. The van der Waals surface area contributed by atoms with Crippen LogP contribution in [0.15, 0.2) is 0 Å². The Hall–Kier alpha value is -1.63. The quantitative estimate of drug-likeness (QED) is 0.890. The molecule has 0 bridgehead atoms. The molecule has 2 amide bonds. The second-order valence-corrected chi connectivity index (χ2v) is 7.40. The molecule has 1 atom stereocenters. The molecular formula is C16H27N5O2. The van der Waals surface area contributed by atoms with E-state index in [2.05, 4.69) is 41.3 Å². The number of nitrogens with one attached hydrogen (secondary N) is 2. The largest absolute Gasteiger partial charge is 0.380 e. The Kier molecular flexibility index (Phi) is 4.57. The van der Waals surface area contributed by atoms with Crippen LogP contribution >= 0.6 is 0 Å². The van der Waals surface area contributed by atoms with E-state index >= 15 is 0 Å². The van der Waals surface area contributed by atoms with Crippen molar-refractivity contribution in [3.8, 4) is 0 Å². The molecule has 7 heteroatoms. The van der Waals surface area contributed by atoms with Crippen LogP contribution in [0.1, 0.15) is 63.6 Å². The molecule has 128 valence electrons. The van der Waals surface area contributed by atoms with Gasteiger partial charge in [0.1, 0.15) is 5.82 Å². The number of H-pyrrole nitrogens is 1. The first-order valence-electron chi connectivity index (χ1n) is 8.53. The number of rotatable bonds is 4. The molecule has 2 saturated heterocycles. The van der Waals surface area contributed by atoms with Gasteiger partial charge in [-0.2, -0.15) is 5.10 Å². The first-order valence-corrected chi connectivity index (χ1v) is 8.53.